The quantitative estimate of drug-likeness (QED) is 0.160. The topological polar surface area (TPSA) is 43.4 Å². The Bertz CT molecular complexity index is 1600. The number of hydrogen-bond donors (Lipinski definition) is 0. The van der Waals surface area contributed by atoms with Crippen LogP contribution in [0.4, 0.5) is 34.1 Å². The normalized spacial score (nSPS) is 10.7. The van der Waals surface area contributed by atoms with Crippen molar-refractivity contribution in [1.82, 2.24) is 0 Å². The third kappa shape index (κ3) is 5.57. The lowest BCUT2D eigenvalue weighted by Crippen LogP contribution is -2.13. The van der Waals surface area contributed by atoms with Gasteiger partial charge in [0.05, 0.1) is 39.8 Å². The van der Waals surface area contributed by atoms with Crippen molar-refractivity contribution in [3.05, 3.63) is 133 Å². The summed E-state index contributed by atoms with van der Waals surface area (Å²) >= 11 is 0. The first kappa shape index (κ1) is 28.5. The van der Waals surface area contributed by atoms with Crippen molar-refractivity contribution < 1.29 is 18.9 Å². The summed E-state index contributed by atoms with van der Waals surface area (Å²) in [4.78, 5) is 4.52. The van der Waals surface area contributed by atoms with Crippen LogP contribution in [0, 0.1) is 0 Å². The fourth-order valence-electron chi connectivity index (χ4n) is 5.44. The van der Waals surface area contributed by atoms with Gasteiger partial charge in [-0.25, -0.2) is 0 Å². The number of ether oxygens (including phenoxy) is 4. The summed E-state index contributed by atoms with van der Waals surface area (Å²) in [5.41, 5.74) is 6.13. The average Bonchev–Trinajstić information content (AvgIpc) is 3.10. The van der Waals surface area contributed by atoms with E-state index in [0.717, 1.165) is 67.9 Å². The molecule has 6 heteroatoms. The second kappa shape index (κ2) is 12.7. The van der Waals surface area contributed by atoms with Crippen molar-refractivity contribution >= 4 is 44.9 Å². The van der Waals surface area contributed by atoms with E-state index in [2.05, 4.69) is 94.7 Å². The molecule has 0 saturated heterocycles. The van der Waals surface area contributed by atoms with Gasteiger partial charge in [0.2, 0.25) is 0 Å². The Balaban J connectivity index is 1.56. The maximum absolute atomic E-state index is 5.46. The first-order valence-corrected chi connectivity index (χ1v) is 14.3. The molecular weight excluding hydrogens is 548 g/mol. The highest BCUT2D eigenvalue weighted by Gasteiger charge is 2.21. The molecule has 0 radical (unpaired) electrons. The van der Waals surface area contributed by atoms with E-state index in [1.807, 2.05) is 48.5 Å². The molecule has 0 aliphatic carbocycles. The molecule has 0 unspecified atom stereocenters. The van der Waals surface area contributed by atoms with Gasteiger partial charge in [0, 0.05) is 33.5 Å². The standard InChI is InChI=1S/C38H34N2O4/c1-41-31-17-9-27(10-18-31)39(28-11-19-32(42-2)20-12-28)37-25-26-38(36-8-6-5-7-35(36)37)40(29-13-21-33(43-3)22-14-29)30-15-23-34(44-4)24-16-30/h5-26H,1-4H3. The highest BCUT2D eigenvalue weighted by Crippen LogP contribution is 2.45. The van der Waals surface area contributed by atoms with Crippen molar-refractivity contribution in [2.75, 3.05) is 38.2 Å². The van der Waals surface area contributed by atoms with E-state index in [1.165, 1.54) is 0 Å². The van der Waals surface area contributed by atoms with Gasteiger partial charge >= 0.3 is 0 Å². The molecule has 6 nitrogen and oxygen atoms in total. The van der Waals surface area contributed by atoms with Crippen LogP contribution >= 0.6 is 0 Å². The summed E-state index contributed by atoms with van der Waals surface area (Å²) in [6.07, 6.45) is 0. The number of rotatable bonds is 10. The van der Waals surface area contributed by atoms with Crippen LogP contribution in [0.1, 0.15) is 0 Å². The van der Waals surface area contributed by atoms with Gasteiger partial charge in [0.1, 0.15) is 23.0 Å². The van der Waals surface area contributed by atoms with Gasteiger partial charge < -0.3 is 28.7 Å². The molecule has 0 aliphatic rings. The molecule has 220 valence electrons. The number of nitrogens with zero attached hydrogens (tertiary/aromatic N) is 2. The lowest BCUT2D eigenvalue weighted by molar-refractivity contribution is 0.414. The van der Waals surface area contributed by atoms with Crippen molar-refractivity contribution in [3.8, 4) is 23.0 Å². The van der Waals surface area contributed by atoms with Crippen LogP contribution in [0.15, 0.2) is 133 Å². The summed E-state index contributed by atoms with van der Waals surface area (Å²) < 4.78 is 21.8. The van der Waals surface area contributed by atoms with E-state index < -0.39 is 0 Å². The maximum atomic E-state index is 5.46. The number of benzene rings is 6. The fourth-order valence-corrected chi connectivity index (χ4v) is 5.44. The van der Waals surface area contributed by atoms with Crippen LogP contribution < -0.4 is 28.7 Å². The SMILES string of the molecule is COc1ccc(N(c2ccc(OC)cc2)c2ccc(N(c3ccc(OC)cc3)c3ccc(OC)cc3)c3ccccc23)cc1. The van der Waals surface area contributed by atoms with Crippen molar-refractivity contribution in [2.24, 2.45) is 0 Å². The van der Waals surface area contributed by atoms with Crippen LogP contribution in [0.3, 0.4) is 0 Å². The van der Waals surface area contributed by atoms with Crippen LogP contribution in [-0.2, 0) is 0 Å². The smallest absolute Gasteiger partial charge is 0.119 e. The van der Waals surface area contributed by atoms with Gasteiger partial charge in [0.25, 0.3) is 0 Å². The van der Waals surface area contributed by atoms with E-state index in [0.29, 0.717) is 0 Å². The summed E-state index contributed by atoms with van der Waals surface area (Å²) in [7, 11) is 6.72. The zero-order valence-electron chi connectivity index (χ0n) is 25.2. The second-order valence-electron chi connectivity index (χ2n) is 10.1. The highest BCUT2D eigenvalue weighted by atomic mass is 16.5. The number of methoxy groups -OCH3 is 4. The van der Waals surface area contributed by atoms with Crippen molar-refractivity contribution in [3.63, 3.8) is 0 Å². The second-order valence-corrected chi connectivity index (χ2v) is 10.1. The van der Waals surface area contributed by atoms with Gasteiger partial charge in [-0.15, -0.1) is 0 Å². The molecule has 0 heterocycles. The van der Waals surface area contributed by atoms with E-state index in [-0.39, 0.29) is 0 Å². The van der Waals surface area contributed by atoms with Crippen molar-refractivity contribution in [2.45, 2.75) is 0 Å². The van der Waals surface area contributed by atoms with Gasteiger partial charge in [-0.05, 0) is 109 Å². The predicted molar refractivity (Wildman–Crippen MR) is 180 cm³/mol. The summed E-state index contributed by atoms with van der Waals surface area (Å²) in [6, 6.07) is 45.4. The Kier molecular flexibility index (Phi) is 8.23. The van der Waals surface area contributed by atoms with Crippen LogP contribution in [0.2, 0.25) is 0 Å². The third-order valence-electron chi connectivity index (χ3n) is 7.68. The molecule has 0 aromatic heterocycles. The fraction of sp³-hybridized carbons (Fsp3) is 0.105. The van der Waals surface area contributed by atoms with Crippen molar-refractivity contribution in [1.29, 1.82) is 0 Å². The molecular formula is C38H34N2O4. The molecule has 6 aromatic carbocycles. The van der Waals surface area contributed by atoms with E-state index in [4.69, 9.17) is 18.9 Å². The molecule has 0 saturated carbocycles. The molecule has 6 rings (SSSR count). The molecule has 0 atom stereocenters. The Morgan fingerprint density at radius 1 is 0.318 bits per heavy atom. The minimum absolute atomic E-state index is 0.804. The predicted octanol–water partition coefficient (Wildman–Crippen LogP) is 9.81. The van der Waals surface area contributed by atoms with Crippen LogP contribution in [0.25, 0.3) is 10.8 Å². The number of hydrogen-bond acceptors (Lipinski definition) is 6. The molecule has 44 heavy (non-hydrogen) atoms. The van der Waals surface area contributed by atoms with E-state index >= 15 is 0 Å². The first-order valence-electron chi connectivity index (χ1n) is 14.3. The average molecular weight is 583 g/mol. The first-order chi connectivity index (χ1) is 21.6. The highest BCUT2D eigenvalue weighted by molar-refractivity contribution is 6.07. The summed E-state index contributed by atoms with van der Waals surface area (Å²) in [5.74, 6) is 3.22. The Labute approximate surface area is 258 Å². The maximum Gasteiger partial charge on any atom is 0.119 e. The molecule has 0 fully saturated rings. The lowest BCUT2D eigenvalue weighted by Gasteiger charge is -2.30. The minimum atomic E-state index is 0.804. The third-order valence-corrected chi connectivity index (χ3v) is 7.68. The van der Waals surface area contributed by atoms with Gasteiger partial charge in [-0.1, -0.05) is 24.3 Å². The Morgan fingerprint density at radius 2 is 0.568 bits per heavy atom. The zero-order chi connectivity index (χ0) is 30.5. The summed E-state index contributed by atoms with van der Waals surface area (Å²) in [6.45, 7) is 0. The Morgan fingerprint density at radius 3 is 0.795 bits per heavy atom. The summed E-state index contributed by atoms with van der Waals surface area (Å²) in [5, 5.41) is 2.20. The van der Waals surface area contributed by atoms with Crippen LogP contribution in [0.5, 0.6) is 23.0 Å². The number of fused-ring (bicyclic) bond motifs is 1. The molecule has 6 aromatic rings. The Hall–Kier alpha value is -5.62. The molecule has 0 bridgehead atoms. The largest absolute Gasteiger partial charge is 0.497 e. The monoisotopic (exact) mass is 582 g/mol. The number of anilines is 6. The lowest BCUT2D eigenvalue weighted by atomic mass is 10.0. The molecule has 0 N–H and O–H groups in total. The zero-order valence-corrected chi connectivity index (χ0v) is 25.2. The van der Waals surface area contributed by atoms with Crippen LogP contribution in [-0.4, -0.2) is 28.4 Å². The van der Waals surface area contributed by atoms with E-state index in [1.54, 1.807) is 28.4 Å². The molecule has 0 amide bonds. The van der Waals surface area contributed by atoms with Gasteiger partial charge in [-0.2, -0.15) is 0 Å². The van der Waals surface area contributed by atoms with E-state index in [9.17, 15) is 0 Å². The molecule has 0 aliphatic heterocycles. The van der Waals surface area contributed by atoms with Gasteiger partial charge in [0.15, 0.2) is 0 Å². The molecule has 0 spiro atoms. The van der Waals surface area contributed by atoms with Gasteiger partial charge in [-0.3, -0.25) is 0 Å². The minimum Gasteiger partial charge on any atom is -0.497 e.